The zero-order valence-corrected chi connectivity index (χ0v) is 32.7. The summed E-state index contributed by atoms with van der Waals surface area (Å²) in [6, 6.07) is 11.5. The molecule has 0 radical (unpaired) electrons. The number of carbonyl (C=O) groups is 2. The number of allylic oxidation sites excluding steroid dienone is 1. The Morgan fingerprint density at radius 2 is 2.09 bits per heavy atom. The van der Waals surface area contributed by atoms with Crippen LogP contribution in [0.2, 0.25) is 5.02 Å². The third kappa shape index (κ3) is 7.92. The average Bonchev–Trinajstić information content (AvgIpc) is 3.45. The molecule has 2 aliphatic heterocycles. The summed E-state index contributed by atoms with van der Waals surface area (Å²) in [5.74, 6) is -0.0659. The maximum absolute atomic E-state index is 14.6. The normalized spacial score (nSPS) is 28.9. The van der Waals surface area contributed by atoms with Crippen LogP contribution in [0.1, 0.15) is 70.9 Å². The summed E-state index contributed by atoms with van der Waals surface area (Å²) >= 11 is 6.47. The number of carbonyl (C=O) groups excluding carboxylic acids is 2. The fourth-order valence-electron chi connectivity index (χ4n) is 8.47. The van der Waals surface area contributed by atoms with Gasteiger partial charge in [-0.3, -0.25) is 14.3 Å². The highest BCUT2D eigenvalue weighted by Gasteiger charge is 2.44. The van der Waals surface area contributed by atoms with Crippen molar-refractivity contribution in [2.45, 2.75) is 57.0 Å². The van der Waals surface area contributed by atoms with E-state index in [9.17, 15) is 13.8 Å². The molecule has 54 heavy (non-hydrogen) atoms. The minimum absolute atomic E-state index is 0.0143. The number of aryl methyl sites for hydroxylation is 2. The summed E-state index contributed by atoms with van der Waals surface area (Å²) in [5, 5.41) is 4.85. The predicted molar refractivity (Wildman–Crippen MR) is 212 cm³/mol. The molecular formula is C41H48ClN5O6S. The predicted octanol–water partition coefficient (Wildman–Crippen LogP) is 7.23. The van der Waals surface area contributed by atoms with Crippen LogP contribution in [0.3, 0.4) is 0 Å². The van der Waals surface area contributed by atoms with Crippen LogP contribution in [-0.2, 0) is 33.3 Å². The molecule has 0 N–H and O–H groups in total. The summed E-state index contributed by atoms with van der Waals surface area (Å²) < 4.78 is 38.6. The number of methoxy groups -OCH3 is 1. The van der Waals surface area contributed by atoms with E-state index in [1.165, 1.54) is 29.1 Å². The molecule has 0 saturated heterocycles. The number of amides is 2. The van der Waals surface area contributed by atoms with Crippen molar-refractivity contribution in [3.05, 3.63) is 94.7 Å². The van der Waals surface area contributed by atoms with E-state index < -0.39 is 21.5 Å². The van der Waals surface area contributed by atoms with Gasteiger partial charge in [-0.15, -0.1) is 11.7 Å². The first kappa shape index (κ1) is 38.0. The highest BCUT2D eigenvalue weighted by molar-refractivity contribution is 8.06. The van der Waals surface area contributed by atoms with Gasteiger partial charge in [-0.1, -0.05) is 42.8 Å². The Bertz CT molecular complexity index is 2120. The largest absolute Gasteiger partial charge is 0.490 e. The molecular weight excluding hydrogens is 726 g/mol. The van der Waals surface area contributed by atoms with Gasteiger partial charge in [0, 0.05) is 48.1 Å². The number of anilines is 1. The number of fused-ring (bicyclic) bond motifs is 4. The molecule has 1 spiro atoms. The van der Waals surface area contributed by atoms with E-state index in [-0.39, 0.29) is 46.1 Å². The lowest BCUT2D eigenvalue weighted by Gasteiger charge is -2.46. The van der Waals surface area contributed by atoms with Crippen LogP contribution in [0.4, 0.5) is 5.69 Å². The standard InChI is InChI=1S/C41H48ClN5O6S/c1-5-18-52-36-10-6-8-27(2)23-54(50,26-43-39(49)33-22-46(3)44-40(33)51-4)45-38(48)29-12-16-37-35(20-29)47(21-30-11-14-32(30)36)24-41(25-53-37)17-7-9-28-19-31(42)13-15-34(28)41/h5-6,10,12-13,15-16,19-20,22,26-27,30,32,36H,1,7-9,11,14,17-18,21,23-25H2,2-4H3/b10-6-,43-26-/t27-,30-,32+,36+,41-,54?/m0/s1. The zero-order valence-electron chi connectivity index (χ0n) is 31.1. The Hall–Kier alpha value is -4.26. The molecule has 2 amide bonds. The van der Waals surface area contributed by atoms with E-state index in [1.54, 1.807) is 19.2 Å². The molecule has 2 bridgehead atoms. The van der Waals surface area contributed by atoms with Gasteiger partial charge in [0.15, 0.2) is 0 Å². The van der Waals surface area contributed by atoms with E-state index >= 15 is 0 Å². The van der Waals surface area contributed by atoms with Gasteiger partial charge in [-0.25, -0.2) is 9.20 Å². The highest BCUT2D eigenvalue weighted by atomic mass is 35.5. The summed E-state index contributed by atoms with van der Waals surface area (Å²) in [6.45, 7) is 8.20. The summed E-state index contributed by atoms with van der Waals surface area (Å²) in [5.41, 5.74) is 4.47. The van der Waals surface area contributed by atoms with Gasteiger partial charge in [0.25, 0.3) is 11.8 Å². The Balaban J connectivity index is 1.30. The van der Waals surface area contributed by atoms with Gasteiger partial charge in [0.2, 0.25) is 5.88 Å². The summed E-state index contributed by atoms with van der Waals surface area (Å²) in [7, 11) is -0.395. The van der Waals surface area contributed by atoms with Crippen molar-refractivity contribution in [2.75, 3.05) is 44.1 Å². The van der Waals surface area contributed by atoms with Crippen LogP contribution in [-0.4, -0.2) is 76.6 Å². The number of rotatable bonds is 6. The van der Waals surface area contributed by atoms with Crippen LogP contribution < -0.4 is 14.4 Å². The molecule has 4 aliphatic rings. The van der Waals surface area contributed by atoms with Crippen molar-refractivity contribution in [1.82, 2.24) is 9.78 Å². The molecule has 6 atom stereocenters. The molecule has 7 rings (SSSR count). The molecule has 11 nitrogen and oxygen atoms in total. The smallest absolute Gasteiger partial charge is 0.285 e. The van der Waals surface area contributed by atoms with Crippen molar-refractivity contribution in [2.24, 2.45) is 34.2 Å². The Labute approximate surface area is 322 Å². The molecule has 13 heteroatoms. The molecule has 1 saturated carbocycles. The van der Waals surface area contributed by atoms with Gasteiger partial charge < -0.3 is 19.1 Å². The number of halogens is 1. The first-order valence-corrected chi connectivity index (χ1v) is 20.8. The van der Waals surface area contributed by atoms with E-state index in [1.807, 2.05) is 25.1 Å². The second kappa shape index (κ2) is 15.8. The second-order valence-corrected chi connectivity index (χ2v) is 17.7. The number of aromatic nitrogens is 2. The Morgan fingerprint density at radius 3 is 2.87 bits per heavy atom. The Morgan fingerprint density at radius 1 is 1.24 bits per heavy atom. The monoisotopic (exact) mass is 773 g/mol. The van der Waals surface area contributed by atoms with Gasteiger partial charge in [0.05, 0.1) is 41.8 Å². The molecule has 2 aromatic carbocycles. The summed E-state index contributed by atoms with van der Waals surface area (Å²) in [4.78, 5) is 33.7. The van der Waals surface area contributed by atoms with Crippen LogP contribution >= 0.6 is 11.6 Å². The van der Waals surface area contributed by atoms with E-state index in [0.29, 0.717) is 37.8 Å². The maximum atomic E-state index is 14.6. The molecule has 1 unspecified atom stereocenters. The first-order chi connectivity index (χ1) is 26.0. The third-order valence-electron chi connectivity index (χ3n) is 11.2. The zero-order chi connectivity index (χ0) is 38.0. The SMILES string of the molecule is C=CCO[C@@H]1/C=C\C[C@H](C)CS(=O)(/C=N\C(=O)c2cn(C)nc2OC)=NC(=O)c2ccc3c(c2)N(C[C@@H]2CC[C@H]21)C[C@@]1(CCCc2cc(Cl)ccc21)CO3. The number of hydrogen-bond acceptors (Lipinski definition) is 8. The third-order valence-corrected chi connectivity index (χ3v) is 13.4. The number of ether oxygens (including phenoxy) is 3. The number of nitrogens with zero attached hydrogens (tertiary/aromatic N) is 5. The fourth-order valence-corrected chi connectivity index (χ4v) is 10.5. The van der Waals surface area contributed by atoms with Gasteiger partial charge in [0.1, 0.15) is 16.9 Å². The quantitative estimate of drug-likeness (QED) is 0.146. The van der Waals surface area contributed by atoms with Gasteiger partial charge >= 0.3 is 0 Å². The average molecular weight is 774 g/mol. The van der Waals surface area contributed by atoms with Crippen molar-refractivity contribution < 1.29 is 28.0 Å². The molecule has 286 valence electrons. The van der Waals surface area contributed by atoms with Crippen molar-refractivity contribution >= 4 is 44.4 Å². The van der Waals surface area contributed by atoms with E-state index in [4.69, 9.17) is 25.8 Å². The number of hydrogen-bond donors (Lipinski definition) is 0. The second-order valence-electron chi connectivity index (χ2n) is 15.2. The highest BCUT2D eigenvalue weighted by Crippen LogP contribution is 2.47. The summed E-state index contributed by atoms with van der Waals surface area (Å²) in [6.07, 6.45) is 12.9. The topological polar surface area (TPSA) is 125 Å². The van der Waals surface area contributed by atoms with E-state index in [0.717, 1.165) is 54.9 Å². The van der Waals surface area contributed by atoms with Crippen LogP contribution in [0.5, 0.6) is 11.6 Å². The lowest BCUT2D eigenvalue weighted by Crippen LogP contribution is -2.49. The maximum Gasteiger partial charge on any atom is 0.285 e. The van der Waals surface area contributed by atoms with Crippen molar-refractivity contribution in [3.8, 4) is 11.6 Å². The fraction of sp³-hybridized carbons (Fsp3) is 0.463. The lowest BCUT2D eigenvalue weighted by atomic mass is 9.68. The molecule has 2 aliphatic carbocycles. The lowest BCUT2D eigenvalue weighted by molar-refractivity contribution is -0.00223. The Kier molecular flexibility index (Phi) is 11.2. The minimum atomic E-state index is -3.46. The van der Waals surface area contributed by atoms with Gasteiger partial charge in [-0.05, 0) is 97.7 Å². The molecule has 1 fully saturated rings. The molecule has 3 heterocycles. The minimum Gasteiger partial charge on any atom is -0.490 e. The number of aliphatic imine (C=N–C) groups is 1. The van der Waals surface area contributed by atoms with E-state index in [2.05, 4.69) is 50.2 Å². The van der Waals surface area contributed by atoms with Gasteiger partial charge in [-0.2, -0.15) is 4.36 Å². The van der Waals surface area contributed by atoms with Crippen LogP contribution in [0.15, 0.2) is 76.8 Å². The molecule has 1 aromatic heterocycles. The van der Waals surface area contributed by atoms with Crippen LogP contribution in [0.25, 0.3) is 0 Å². The molecule has 3 aromatic rings. The van der Waals surface area contributed by atoms with Crippen LogP contribution in [0, 0.1) is 17.8 Å². The van der Waals surface area contributed by atoms with Crippen molar-refractivity contribution in [1.29, 1.82) is 0 Å². The first-order valence-electron chi connectivity index (χ1n) is 18.6. The van der Waals surface area contributed by atoms with Crippen molar-refractivity contribution in [3.63, 3.8) is 0 Å². The number of benzene rings is 2.